The molecule has 0 bridgehead atoms. The fourth-order valence-electron chi connectivity index (χ4n) is 2.35. The van der Waals surface area contributed by atoms with Crippen molar-refractivity contribution in [3.05, 3.63) is 89.1 Å². The number of halogens is 2. The van der Waals surface area contributed by atoms with Crippen LogP contribution < -0.4 is 16.7 Å². The highest BCUT2D eigenvalue weighted by Crippen LogP contribution is 2.17. The summed E-state index contributed by atoms with van der Waals surface area (Å²) in [6.45, 7) is 0. The van der Waals surface area contributed by atoms with Crippen LogP contribution in [0, 0.1) is 3.57 Å². The lowest BCUT2D eigenvalue weighted by Gasteiger charge is -2.09. The third-order valence-electron chi connectivity index (χ3n) is 3.68. The van der Waals surface area contributed by atoms with Crippen molar-refractivity contribution in [3.63, 3.8) is 0 Å². The zero-order valence-electron chi connectivity index (χ0n) is 14.0. The smallest absolute Gasteiger partial charge is 0.335 e. The number of nitrogens with zero attached hydrogens (tertiary/aromatic N) is 2. The first-order valence-electron chi connectivity index (χ1n) is 7.80. The highest BCUT2D eigenvalue weighted by molar-refractivity contribution is 14.1. The van der Waals surface area contributed by atoms with Crippen LogP contribution >= 0.6 is 34.2 Å². The van der Waals surface area contributed by atoms with Crippen molar-refractivity contribution in [2.24, 2.45) is 5.10 Å². The lowest BCUT2D eigenvalue weighted by molar-refractivity contribution is 0.0955. The minimum absolute atomic E-state index is 0.198. The van der Waals surface area contributed by atoms with Crippen LogP contribution in [0.15, 0.2) is 63.2 Å². The number of benzene rings is 2. The standard InChI is InChI=1S/C18H12ClIN4O4/c19-14-4-2-1-3-12(14)16(26)23-21-9-13-15(25)22-18(28)24(17(13)27)11-7-5-10(20)6-8-11/h1-9,27H,(H,23,26)(H,22,25,28). The summed E-state index contributed by atoms with van der Waals surface area (Å²) < 4.78 is 1.86. The summed E-state index contributed by atoms with van der Waals surface area (Å²) in [5.74, 6) is -1.20. The zero-order chi connectivity index (χ0) is 20.3. The van der Waals surface area contributed by atoms with Crippen molar-refractivity contribution < 1.29 is 9.90 Å². The van der Waals surface area contributed by atoms with Crippen LogP contribution in [0.4, 0.5) is 0 Å². The normalized spacial score (nSPS) is 10.9. The van der Waals surface area contributed by atoms with Crippen molar-refractivity contribution in [3.8, 4) is 11.6 Å². The van der Waals surface area contributed by atoms with Gasteiger partial charge in [-0.15, -0.1) is 0 Å². The Balaban J connectivity index is 1.93. The molecule has 1 amide bonds. The van der Waals surface area contributed by atoms with Gasteiger partial charge in [-0.05, 0) is 59.0 Å². The van der Waals surface area contributed by atoms with E-state index in [9.17, 15) is 19.5 Å². The number of hydrazone groups is 1. The zero-order valence-corrected chi connectivity index (χ0v) is 16.9. The molecule has 28 heavy (non-hydrogen) atoms. The van der Waals surface area contributed by atoms with Crippen LogP contribution in [0.3, 0.4) is 0 Å². The monoisotopic (exact) mass is 510 g/mol. The minimum atomic E-state index is -0.847. The van der Waals surface area contributed by atoms with Crippen LogP contribution in [0.1, 0.15) is 15.9 Å². The molecule has 0 spiro atoms. The van der Waals surface area contributed by atoms with Gasteiger partial charge in [0.15, 0.2) is 0 Å². The van der Waals surface area contributed by atoms with Gasteiger partial charge in [0, 0.05) is 3.57 Å². The highest BCUT2D eigenvalue weighted by Gasteiger charge is 2.14. The van der Waals surface area contributed by atoms with Gasteiger partial charge in [0.2, 0.25) is 5.88 Å². The first-order valence-corrected chi connectivity index (χ1v) is 9.26. The lowest BCUT2D eigenvalue weighted by atomic mass is 10.2. The molecular weight excluding hydrogens is 499 g/mol. The summed E-state index contributed by atoms with van der Waals surface area (Å²) in [6.07, 6.45) is 0.950. The second-order valence-electron chi connectivity index (χ2n) is 5.49. The van der Waals surface area contributed by atoms with Crippen LogP contribution in [0.25, 0.3) is 5.69 Å². The van der Waals surface area contributed by atoms with E-state index in [1.807, 2.05) is 0 Å². The topological polar surface area (TPSA) is 117 Å². The number of hydrogen-bond donors (Lipinski definition) is 3. The molecule has 0 fully saturated rings. The number of nitrogens with one attached hydrogen (secondary N) is 2. The first kappa shape index (κ1) is 19.8. The number of H-pyrrole nitrogens is 1. The van der Waals surface area contributed by atoms with Crippen molar-refractivity contribution in [1.29, 1.82) is 0 Å². The van der Waals surface area contributed by atoms with Crippen molar-refractivity contribution >= 4 is 46.3 Å². The maximum absolute atomic E-state index is 12.1. The minimum Gasteiger partial charge on any atom is -0.493 e. The Labute approximate surface area is 176 Å². The number of aromatic amines is 1. The average molecular weight is 511 g/mol. The number of carbonyl (C=O) groups is 1. The van der Waals surface area contributed by atoms with E-state index in [0.29, 0.717) is 5.69 Å². The maximum atomic E-state index is 12.1. The molecule has 0 saturated carbocycles. The molecule has 3 rings (SSSR count). The molecule has 0 atom stereocenters. The second kappa shape index (κ2) is 8.40. The fraction of sp³-hybridized carbons (Fsp3) is 0. The molecule has 1 heterocycles. The molecule has 8 nitrogen and oxygen atoms in total. The van der Waals surface area contributed by atoms with Crippen molar-refractivity contribution in [2.75, 3.05) is 0 Å². The predicted octanol–water partition coefficient (Wildman–Crippen LogP) is 2.25. The van der Waals surface area contributed by atoms with Gasteiger partial charge in [0.1, 0.15) is 5.56 Å². The molecule has 0 unspecified atom stereocenters. The van der Waals surface area contributed by atoms with Crippen molar-refractivity contribution in [2.45, 2.75) is 0 Å². The second-order valence-corrected chi connectivity index (χ2v) is 7.14. The highest BCUT2D eigenvalue weighted by atomic mass is 127. The Hall–Kier alpha value is -2.92. The van der Waals surface area contributed by atoms with E-state index < -0.39 is 23.0 Å². The van der Waals surface area contributed by atoms with Crippen LogP contribution in [0.5, 0.6) is 5.88 Å². The fourth-order valence-corrected chi connectivity index (χ4v) is 2.93. The van der Waals surface area contributed by atoms with Gasteiger partial charge in [0.25, 0.3) is 11.5 Å². The quantitative estimate of drug-likeness (QED) is 0.284. The summed E-state index contributed by atoms with van der Waals surface area (Å²) in [4.78, 5) is 38.4. The molecule has 3 aromatic rings. The summed E-state index contributed by atoms with van der Waals surface area (Å²) >= 11 is 8.03. The molecule has 2 aromatic carbocycles. The molecule has 10 heteroatoms. The van der Waals surface area contributed by atoms with E-state index in [-0.39, 0.29) is 16.1 Å². The van der Waals surface area contributed by atoms with Crippen molar-refractivity contribution in [1.82, 2.24) is 15.0 Å². The van der Waals surface area contributed by atoms with Gasteiger partial charge in [0.05, 0.1) is 22.5 Å². The third-order valence-corrected chi connectivity index (χ3v) is 4.73. The largest absolute Gasteiger partial charge is 0.493 e. The van der Waals surface area contributed by atoms with E-state index in [2.05, 4.69) is 38.1 Å². The van der Waals surface area contributed by atoms with E-state index >= 15 is 0 Å². The SMILES string of the molecule is O=C(NN=Cc1c(O)n(-c2ccc(I)cc2)c(=O)[nH]c1=O)c1ccccc1Cl. The number of aromatic hydroxyl groups is 1. The van der Waals surface area contributed by atoms with Gasteiger partial charge >= 0.3 is 5.69 Å². The number of carbonyl (C=O) groups excluding carboxylic acids is 1. The van der Waals surface area contributed by atoms with E-state index in [1.54, 1.807) is 42.5 Å². The Kier molecular flexibility index (Phi) is 5.95. The van der Waals surface area contributed by atoms with E-state index in [0.717, 1.165) is 14.4 Å². The van der Waals surface area contributed by atoms with Gasteiger partial charge in [-0.1, -0.05) is 23.7 Å². The van der Waals surface area contributed by atoms with Gasteiger partial charge in [-0.3, -0.25) is 14.6 Å². The molecule has 0 aliphatic heterocycles. The van der Waals surface area contributed by atoms with Crippen LogP contribution in [0.2, 0.25) is 5.02 Å². The number of hydrogen-bond acceptors (Lipinski definition) is 5. The molecule has 3 N–H and O–H groups in total. The van der Waals surface area contributed by atoms with Gasteiger partial charge < -0.3 is 5.11 Å². The first-order chi connectivity index (χ1) is 13.4. The lowest BCUT2D eigenvalue weighted by Crippen LogP contribution is -2.31. The molecule has 0 aliphatic rings. The molecule has 0 radical (unpaired) electrons. The van der Waals surface area contributed by atoms with Crippen LogP contribution in [-0.2, 0) is 0 Å². The van der Waals surface area contributed by atoms with Crippen LogP contribution in [-0.4, -0.2) is 26.8 Å². The Bertz CT molecular complexity index is 1190. The molecule has 142 valence electrons. The van der Waals surface area contributed by atoms with E-state index in [1.165, 1.54) is 6.07 Å². The summed E-state index contributed by atoms with van der Waals surface area (Å²) in [5.41, 5.74) is 0.825. The Morgan fingerprint density at radius 2 is 1.86 bits per heavy atom. The Morgan fingerprint density at radius 3 is 2.54 bits per heavy atom. The van der Waals surface area contributed by atoms with E-state index in [4.69, 9.17) is 11.6 Å². The molecular formula is C18H12ClIN4O4. The van der Waals surface area contributed by atoms with Gasteiger partial charge in [-0.25, -0.2) is 14.8 Å². The summed E-state index contributed by atoms with van der Waals surface area (Å²) in [6, 6.07) is 13.1. The predicted molar refractivity (Wildman–Crippen MR) is 114 cm³/mol. The Morgan fingerprint density at radius 1 is 1.18 bits per heavy atom. The molecule has 0 saturated heterocycles. The summed E-state index contributed by atoms with van der Waals surface area (Å²) in [5, 5.41) is 14.3. The number of rotatable bonds is 4. The maximum Gasteiger partial charge on any atom is 0.335 e. The molecule has 1 aromatic heterocycles. The van der Waals surface area contributed by atoms with Gasteiger partial charge in [-0.2, -0.15) is 5.10 Å². The number of aromatic nitrogens is 2. The third kappa shape index (κ3) is 4.15. The number of amides is 1. The summed E-state index contributed by atoms with van der Waals surface area (Å²) in [7, 11) is 0. The molecule has 0 aliphatic carbocycles. The average Bonchev–Trinajstić information content (AvgIpc) is 2.66.